The van der Waals surface area contributed by atoms with E-state index in [1.165, 1.54) is 25.7 Å². The standard InChI is InChI=1S/C11H21N/c1-3-8-4-9-6-11(2,7-12)10(9)5-8/h8-10H,3-7,12H2,1-2H3. The van der Waals surface area contributed by atoms with Crippen LogP contribution in [0.1, 0.15) is 39.5 Å². The molecule has 2 N–H and O–H groups in total. The second kappa shape index (κ2) is 2.73. The average Bonchev–Trinajstić information content (AvgIpc) is 2.42. The van der Waals surface area contributed by atoms with E-state index in [0.717, 1.165) is 24.3 Å². The van der Waals surface area contributed by atoms with Crippen LogP contribution < -0.4 is 5.73 Å². The fourth-order valence-electron chi connectivity index (χ4n) is 3.48. The van der Waals surface area contributed by atoms with E-state index < -0.39 is 0 Å². The molecule has 0 aromatic carbocycles. The Kier molecular flexibility index (Phi) is 1.95. The third-order valence-corrected chi connectivity index (χ3v) is 4.46. The summed E-state index contributed by atoms with van der Waals surface area (Å²) in [4.78, 5) is 0. The first-order chi connectivity index (χ1) is 5.69. The Morgan fingerprint density at radius 1 is 1.42 bits per heavy atom. The van der Waals surface area contributed by atoms with Gasteiger partial charge in [0.25, 0.3) is 0 Å². The first-order valence-electron chi connectivity index (χ1n) is 5.39. The molecule has 0 radical (unpaired) electrons. The summed E-state index contributed by atoms with van der Waals surface area (Å²) in [5.74, 6) is 3.05. The molecular formula is C11H21N. The highest BCUT2D eigenvalue weighted by atomic mass is 14.7. The van der Waals surface area contributed by atoms with Gasteiger partial charge in [-0.15, -0.1) is 0 Å². The van der Waals surface area contributed by atoms with Crippen LogP contribution in [0.2, 0.25) is 0 Å². The highest BCUT2D eigenvalue weighted by Gasteiger charge is 2.53. The fraction of sp³-hybridized carbons (Fsp3) is 1.00. The zero-order chi connectivity index (χ0) is 8.77. The normalized spacial score (nSPS) is 51.8. The van der Waals surface area contributed by atoms with Gasteiger partial charge in [-0.1, -0.05) is 20.3 Å². The molecule has 4 unspecified atom stereocenters. The van der Waals surface area contributed by atoms with Gasteiger partial charge in [0.05, 0.1) is 0 Å². The van der Waals surface area contributed by atoms with Crippen molar-refractivity contribution in [3.63, 3.8) is 0 Å². The third kappa shape index (κ3) is 1.02. The van der Waals surface area contributed by atoms with Crippen LogP contribution in [0.4, 0.5) is 0 Å². The largest absolute Gasteiger partial charge is 0.330 e. The molecule has 0 aromatic heterocycles. The minimum atomic E-state index is 0.522. The molecule has 1 heteroatoms. The van der Waals surface area contributed by atoms with E-state index in [2.05, 4.69) is 13.8 Å². The zero-order valence-electron chi connectivity index (χ0n) is 8.34. The summed E-state index contributed by atoms with van der Waals surface area (Å²) in [7, 11) is 0. The van der Waals surface area contributed by atoms with Crippen LogP contribution in [0.15, 0.2) is 0 Å². The monoisotopic (exact) mass is 167 g/mol. The van der Waals surface area contributed by atoms with Gasteiger partial charge in [-0.25, -0.2) is 0 Å². The molecule has 0 aliphatic heterocycles. The lowest BCUT2D eigenvalue weighted by Crippen LogP contribution is -2.47. The number of nitrogens with two attached hydrogens (primary N) is 1. The second-order valence-electron chi connectivity index (χ2n) is 5.17. The maximum atomic E-state index is 5.81. The van der Waals surface area contributed by atoms with Crippen molar-refractivity contribution in [2.24, 2.45) is 28.9 Å². The Bertz CT molecular complexity index is 178. The summed E-state index contributed by atoms with van der Waals surface area (Å²) in [5.41, 5.74) is 6.33. The topological polar surface area (TPSA) is 26.0 Å². The lowest BCUT2D eigenvalue weighted by atomic mass is 9.56. The summed E-state index contributed by atoms with van der Waals surface area (Å²) in [5, 5.41) is 0. The molecule has 2 rings (SSSR count). The molecule has 0 aromatic rings. The molecule has 4 atom stereocenters. The van der Waals surface area contributed by atoms with Gasteiger partial charge in [0.15, 0.2) is 0 Å². The van der Waals surface area contributed by atoms with E-state index in [1.54, 1.807) is 0 Å². The molecular weight excluding hydrogens is 146 g/mol. The van der Waals surface area contributed by atoms with Crippen molar-refractivity contribution in [1.82, 2.24) is 0 Å². The number of hydrogen-bond acceptors (Lipinski definition) is 1. The molecule has 2 aliphatic rings. The van der Waals surface area contributed by atoms with Crippen LogP contribution >= 0.6 is 0 Å². The van der Waals surface area contributed by atoms with Crippen molar-refractivity contribution >= 4 is 0 Å². The minimum absolute atomic E-state index is 0.522. The minimum Gasteiger partial charge on any atom is -0.330 e. The molecule has 12 heavy (non-hydrogen) atoms. The predicted octanol–water partition coefficient (Wildman–Crippen LogP) is 2.41. The van der Waals surface area contributed by atoms with Gasteiger partial charge < -0.3 is 5.73 Å². The first kappa shape index (κ1) is 8.55. The van der Waals surface area contributed by atoms with E-state index in [0.29, 0.717) is 5.41 Å². The molecule has 0 heterocycles. The van der Waals surface area contributed by atoms with E-state index in [4.69, 9.17) is 5.73 Å². The molecule has 2 saturated carbocycles. The number of rotatable bonds is 2. The smallest absolute Gasteiger partial charge is 0.00203 e. The Hall–Kier alpha value is -0.0400. The first-order valence-corrected chi connectivity index (χ1v) is 5.39. The van der Waals surface area contributed by atoms with Crippen LogP contribution in [0.5, 0.6) is 0 Å². The summed E-state index contributed by atoms with van der Waals surface area (Å²) >= 11 is 0. The Morgan fingerprint density at radius 2 is 2.17 bits per heavy atom. The molecule has 0 spiro atoms. The fourth-order valence-corrected chi connectivity index (χ4v) is 3.48. The van der Waals surface area contributed by atoms with Crippen LogP contribution in [-0.4, -0.2) is 6.54 Å². The Morgan fingerprint density at radius 3 is 2.75 bits per heavy atom. The lowest BCUT2D eigenvalue weighted by molar-refractivity contribution is 0.00511. The number of hydrogen-bond donors (Lipinski definition) is 1. The maximum absolute atomic E-state index is 5.81. The Labute approximate surface area is 75.7 Å². The summed E-state index contributed by atoms with van der Waals surface area (Å²) in [6, 6.07) is 0. The van der Waals surface area contributed by atoms with Gasteiger partial charge in [0.1, 0.15) is 0 Å². The van der Waals surface area contributed by atoms with E-state index >= 15 is 0 Å². The van der Waals surface area contributed by atoms with E-state index in [-0.39, 0.29) is 0 Å². The molecule has 0 saturated heterocycles. The second-order valence-corrected chi connectivity index (χ2v) is 5.17. The number of fused-ring (bicyclic) bond motifs is 1. The molecule has 2 fully saturated rings. The maximum Gasteiger partial charge on any atom is -0.00203 e. The van der Waals surface area contributed by atoms with Crippen LogP contribution in [-0.2, 0) is 0 Å². The van der Waals surface area contributed by atoms with Crippen molar-refractivity contribution in [3.8, 4) is 0 Å². The molecule has 70 valence electrons. The summed E-state index contributed by atoms with van der Waals surface area (Å²) < 4.78 is 0. The van der Waals surface area contributed by atoms with Gasteiger partial charge >= 0.3 is 0 Å². The molecule has 0 bridgehead atoms. The SMILES string of the molecule is CCC1CC2CC(C)(CN)C2C1. The van der Waals surface area contributed by atoms with Crippen molar-refractivity contribution in [1.29, 1.82) is 0 Å². The molecule has 2 aliphatic carbocycles. The van der Waals surface area contributed by atoms with E-state index in [9.17, 15) is 0 Å². The molecule has 0 amide bonds. The van der Waals surface area contributed by atoms with Gasteiger partial charge in [0, 0.05) is 0 Å². The van der Waals surface area contributed by atoms with Crippen LogP contribution in [0, 0.1) is 23.2 Å². The van der Waals surface area contributed by atoms with Crippen molar-refractivity contribution < 1.29 is 0 Å². The van der Waals surface area contributed by atoms with Gasteiger partial charge in [-0.2, -0.15) is 0 Å². The lowest BCUT2D eigenvalue weighted by Gasteiger charge is -2.50. The Balaban J connectivity index is 1.99. The van der Waals surface area contributed by atoms with Gasteiger partial charge in [-0.05, 0) is 49.0 Å². The zero-order valence-corrected chi connectivity index (χ0v) is 8.34. The van der Waals surface area contributed by atoms with Gasteiger partial charge in [-0.3, -0.25) is 0 Å². The predicted molar refractivity (Wildman–Crippen MR) is 51.8 cm³/mol. The van der Waals surface area contributed by atoms with Crippen molar-refractivity contribution in [3.05, 3.63) is 0 Å². The van der Waals surface area contributed by atoms with Gasteiger partial charge in [0.2, 0.25) is 0 Å². The summed E-state index contributed by atoms with van der Waals surface area (Å²) in [6.45, 7) is 5.62. The van der Waals surface area contributed by atoms with Crippen LogP contribution in [0.25, 0.3) is 0 Å². The van der Waals surface area contributed by atoms with Crippen LogP contribution in [0.3, 0.4) is 0 Å². The van der Waals surface area contributed by atoms with E-state index in [1.807, 2.05) is 0 Å². The highest BCUT2D eigenvalue weighted by molar-refractivity contribution is 5.03. The highest BCUT2D eigenvalue weighted by Crippen LogP contribution is 2.60. The summed E-state index contributed by atoms with van der Waals surface area (Å²) in [6.07, 6.45) is 5.75. The quantitative estimate of drug-likeness (QED) is 0.671. The van der Waals surface area contributed by atoms with Crippen molar-refractivity contribution in [2.45, 2.75) is 39.5 Å². The average molecular weight is 167 g/mol. The third-order valence-electron chi connectivity index (χ3n) is 4.46. The molecule has 1 nitrogen and oxygen atoms in total. The van der Waals surface area contributed by atoms with Crippen molar-refractivity contribution in [2.75, 3.05) is 6.54 Å².